The van der Waals surface area contributed by atoms with E-state index in [4.69, 9.17) is 24.5 Å². The average Bonchev–Trinajstić information content (AvgIpc) is 3.89. The molecule has 2 saturated heterocycles. The molecule has 6 N–H and O–H groups in total. The number of carboxylic acid groups (broad SMARTS) is 2. The number of aliphatic hydroxyl groups excluding tert-OH is 1. The van der Waals surface area contributed by atoms with Gasteiger partial charge < -0.3 is 45.3 Å². The lowest BCUT2D eigenvalue weighted by Gasteiger charge is -2.47. The van der Waals surface area contributed by atoms with E-state index >= 15 is 0 Å². The lowest BCUT2D eigenvalue weighted by atomic mass is 9.89. The van der Waals surface area contributed by atoms with Crippen molar-refractivity contribution in [3.05, 3.63) is 65.3 Å². The van der Waals surface area contributed by atoms with Crippen LogP contribution in [0.25, 0.3) is 10.2 Å². The molecule has 14 nitrogen and oxygen atoms in total. The molecule has 1 aromatic carbocycles. The number of morpholine rings is 1. The summed E-state index contributed by atoms with van der Waals surface area (Å²) in [6, 6.07) is 7.58. The second-order valence-electron chi connectivity index (χ2n) is 12.9. The molecule has 2 fully saturated rings. The number of aromatic nitrogens is 2. The number of aromatic hydroxyl groups is 1. The van der Waals surface area contributed by atoms with Gasteiger partial charge in [0.15, 0.2) is 0 Å². The van der Waals surface area contributed by atoms with E-state index in [9.17, 15) is 46.1 Å². The van der Waals surface area contributed by atoms with Gasteiger partial charge in [0.05, 0.1) is 34.6 Å². The van der Waals surface area contributed by atoms with E-state index in [1.54, 1.807) is 6.07 Å². The SMILES string of the molecule is Cc1nc(C(=O)N2CCOC3(CCN(CCc4ccc(CCNC[C@H](O)c5ccc(O)c6[nH]c(=O)sc56)s4)CC3)C2)cs1.O=C(O)C(F)(F)F.O=C(O)C(F)(F)F. The molecule has 5 heterocycles. The summed E-state index contributed by atoms with van der Waals surface area (Å²) in [6.45, 7) is 7.81. The first-order valence-corrected chi connectivity index (χ1v) is 19.7. The van der Waals surface area contributed by atoms with Crippen LogP contribution in [-0.4, -0.2) is 128 Å². The Hall–Kier alpha value is -4.13. The van der Waals surface area contributed by atoms with Crippen molar-refractivity contribution in [2.24, 2.45) is 0 Å². The third-order valence-electron chi connectivity index (χ3n) is 8.85. The molecule has 4 aromatic rings. The summed E-state index contributed by atoms with van der Waals surface area (Å²) in [6.07, 6.45) is -7.20. The maximum Gasteiger partial charge on any atom is 0.490 e. The number of aliphatic hydroxyl groups is 1. The van der Waals surface area contributed by atoms with Crippen LogP contribution >= 0.6 is 34.0 Å². The Labute approximate surface area is 332 Å². The first kappa shape index (κ1) is 45.6. The molecule has 0 radical (unpaired) electrons. The fourth-order valence-corrected chi connectivity index (χ4v) is 8.46. The number of benzene rings is 1. The molecule has 0 bridgehead atoms. The number of thiazole rings is 2. The molecule has 0 saturated carbocycles. The van der Waals surface area contributed by atoms with Crippen molar-refractivity contribution in [2.75, 3.05) is 52.4 Å². The zero-order valence-corrected chi connectivity index (χ0v) is 32.6. The number of ether oxygens (including phenoxy) is 1. The number of likely N-dealkylation sites (tertiary alicyclic amines) is 1. The highest BCUT2D eigenvalue weighted by atomic mass is 32.1. The topological polar surface area (TPSA) is 206 Å². The normalized spacial score (nSPS) is 16.4. The highest BCUT2D eigenvalue weighted by Gasteiger charge is 2.42. The molecular weight excluding hydrogens is 833 g/mol. The Balaban J connectivity index is 0.000000440. The van der Waals surface area contributed by atoms with E-state index in [-0.39, 0.29) is 22.1 Å². The van der Waals surface area contributed by atoms with Crippen molar-refractivity contribution in [1.29, 1.82) is 0 Å². The number of rotatable bonds is 10. The summed E-state index contributed by atoms with van der Waals surface area (Å²) >= 11 is 4.35. The van der Waals surface area contributed by atoms with Crippen LogP contribution in [0.3, 0.4) is 0 Å². The summed E-state index contributed by atoms with van der Waals surface area (Å²) in [5.41, 5.74) is 1.32. The lowest BCUT2D eigenvalue weighted by Crippen LogP contribution is -2.58. The molecule has 57 heavy (non-hydrogen) atoms. The summed E-state index contributed by atoms with van der Waals surface area (Å²) in [7, 11) is 0. The third kappa shape index (κ3) is 13.2. The second kappa shape index (κ2) is 19.5. The summed E-state index contributed by atoms with van der Waals surface area (Å²) < 4.78 is 70.3. The molecule has 0 aliphatic carbocycles. The molecule has 1 amide bonds. The van der Waals surface area contributed by atoms with Gasteiger partial charge in [-0.15, -0.1) is 22.7 Å². The average molecular weight is 872 g/mol. The van der Waals surface area contributed by atoms with E-state index in [0.29, 0.717) is 47.7 Å². The Morgan fingerprint density at radius 2 is 1.60 bits per heavy atom. The highest BCUT2D eigenvalue weighted by Crippen LogP contribution is 2.33. The van der Waals surface area contributed by atoms with Crippen molar-refractivity contribution in [3.63, 3.8) is 0 Å². The molecule has 6 rings (SSSR count). The van der Waals surface area contributed by atoms with Gasteiger partial charge in [0.1, 0.15) is 17.0 Å². The van der Waals surface area contributed by atoms with Crippen LogP contribution in [0, 0.1) is 6.92 Å². The molecule has 1 spiro atoms. The van der Waals surface area contributed by atoms with Gasteiger partial charge in [0.2, 0.25) is 0 Å². The minimum absolute atomic E-state index is 0.00987. The number of thiophene rings is 1. The van der Waals surface area contributed by atoms with Gasteiger partial charge in [0.25, 0.3) is 5.91 Å². The fraction of sp³-hybridized carbons (Fsp3) is 0.500. The van der Waals surface area contributed by atoms with Gasteiger partial charge in [-0.05, 0) is 50.8 Å². The highest BCUT2D eigenvalue weighted by molar-refractivity contribution is 7.16. The van der Waals surface area contributed by atoms with Crippen molar-refractivity contribution in [3.8, 4) is 5.75 Å². The number of H-pyrrole nitrogens is 1. The van der Waals surface area contributed by atoms with Crippen LogP contribution < -0.4 is 10.2 Å². The number of aliphatic carboxylic acids is 2. The summed E-state index contributed by atoms with van der Waals surface area (Å²) in [5.74, 6) is -5.49. The van der Waals surface area contributed by atoms with Crippen LogP contribution in [-0.2, 0) is 27.2 Å². The minimum atomic E-state index is -5.08. The predicted molar refractivity (Wildman–Crippen MR) is 198 cm³/mol. The predicted octanol–water partition coefficient (Wildman–Crippen LogP) is 4.80. The lowest BCUT2D eigenvalue weighted by molar-refractivity contribution is -0.193. The molecule has 3 aromatic heterocycles. The largest absolute Gasteiger partial charge is 0.506 e. The Morgan fingerprint density at radius 3 is 2.18 bits per heavy atom. The standard InChI is InChI=1S/C30H37N5O5S3.2C2HF3O2/c1-19-32-23(17-41-19)28(38)35-14-15-40-30(18-35)8-12-34(13-9-30)11-7-21-3-2-20(42-21)6-10-31-16-25(37)22-4-5-24(36)26-27(22)43-29(39)33-26;2*3-2(4,5)1(6)7/h2-5,17,25,31,36-37H,6-16,18H2,1H3,(H,33,39);2*(H,6,7)/t25-;;/m0../s1. The van der Waals surface area contributed by atoms with E-state index in [1.807, 2.05) is 28.5 Å². The smallest absolute Gasteiger partial charge is 0.490 e. The maximum atomic E-state index is 13.0. The molecule has 2 aliphatic rings. The molecular formula is C34H39F6N5O9S3. The zero-order chi connectivity index (χ0) is 42.1. The quantitative estimate of drug-likeness (QED) is 0.0940. The molecule has 0 unspecified atom stereocenters. The van der Waals surface area contributed by atoms with Crippen molar-refractivity contribution < 1.29 is 65.9 Å². The number of piperidine rings is 1. The molecule has 23 heteroatoms. The second-order valence-corrected chi connectivity index (χ2v) is 16.2. The number of carbonyl (C=O) groups is 3. The van der Waals surface area contributed by atoms with Crippen LogP contribution in [0.4, 0.5) is 26.3 Å². The number of carbonyl (C=O) groups excluding carboxylic acids is 1. The molecule has 1 atom stereocenters. The van der Waals surface area contributed by atoms with E-state index in [0.717, 1.165) is 68.2 Å². The van der Waals surface area contributed by atoms with Gasteiger partial charge >= 0.3 is 29.2 Å². The van der Waals surface area contributed by atoms with Gasteiger partial charge in [0, 0.05) is 60.0 Å². The number of nitrogens with zero attached hydrogens (tertiary/aromatic N) is 3. The van der Waals surface area contributed by atoms with Crippen molar-refractivity contribution in [2.45, 2.75) is 56.7 Å². The van der Waals surface area contributed by atoms with Crippen LogP contribution in [0.5, 0.6) is 5.75 Å². The van der Waals surface area contributed by atoms with E-state index < -0.39 is 30.4 Å². The number of nitrogens with one attached hydrogen (secondary N) is 2. The number of aromatic amines is 1. The number of carboxylic acids is 2. The monoisotopic (exact) mass is 871 g/mol. The van der Waals surface area contributed by atoms with E-state index in [1.165, 1.54) is 27.2 Å². The first-order valence-electron chi connectivity index (χ1n) is 17.2. The number of alkyl halides is 6. The van der Waals surface area contributed by atoms with Crippen LogP contribution in [0.15, 0.2) is 34.4 Å². The number of halogens is 6. The van der Waals surface area contributed by atoms with Crippen molar-refractivity contribution >= 4 is 62.1 Å². The van der Waals surface area contributed by atoms with Crippen LogP contribution in [0.2, 0.25) is 0 Å². The number of phenols is 1. The summed E-state index contributed by atoms with van der Waals surface area (Å²) in [4.78, 5) is 56.4. The van der Waals surface area contributed by atoms with Crippen molar-refractivity contribution in [1.82, 2.24) is 25.1 Å². The van der Waals surface area contributed by atoms with Gasteiger partial charge in [-0.1, -0.05) is 17.4 Å². The number of amides is 1. The van der Waals surface area contributed by atoms with Gasteiger partial charge in [-0.2, -0.15) is 26.3 Å². The number of hydrogen-bond acceptors (Lipinski definition) is 13. The summed E-state index contributed by atoms with van der Waals surface area (Å²) in [5, 5.41) is 41.0. The third-order valence-corrected chi connectivity index (χ3v) is 11.8. The number of fused-ring (bicyclic) bond motifs is 1. The Morgan fingerprint density at radius 1 is 0.982 bits per heavy atom. The van der Waals surface area contributed by atoms with E-state index in [2.05, 4.69) is 32.3 Å². The zero-order valence-electron chi connectivity index (χ0n) is 30.1. The fourth-order valence-electron chi connectivity index (χ4n) is 5.95. The van der Waals surface area contributed by atoms with Crippen LogP contribution in [0.1, 0.15) is 49.8 Å². The Kier molecular flexibility index (Phi) is 15.6. The maximum absolute atomic E-state index is 13.0. The number of aryl methyl sites for hydroxylation is 1. The molecule has 314 valence electrons. The minimum Gasteiger partial charge on any atom is -0.506 e. The first-order chi connectivity index (χ1) is 26.7. The van der Waals surface area contributed by atoms with Gasteiger partial charge in [-0.25, -0.2) is 14.6 Å². The number of phenolic OH excluding ortho intramolecular Hbond substituents is 1. The molecule has 2 aliphatic heterocycles. The van der Waals surface area contributed by atoms with Gasteiger partial charge in [-0.3, -0.25) is 9.59 Å². The number of hydrogen-bond donors (Lipinski definition) is 6. The Bertz CT molecular complexity index is 2020.